The van der Waals surface area contributed by atoms with Crippen LogP contribution in [0.25, 0.3) is 22.4 Å². The number of rotatable bonds is 5. The van der Waals surface area contributed by atoms with Gasteiger partial charge in [0.1, 0.15) is 22.7 Å². The zero-order chi connectivity index (χ0) is 23.7. The monoisotopic (exact) mass is 485 g/mol. The molecule has 5 rings (SSSR count). The molecule has 0 aliphatic heterocycles. The summed E-state index contributed by atoms with van der Waals surface area (Å²) < 4.78 is 31.1. The van der Waals surface area contributed by atoms with Crippen molar-refractivity contribution in [1.29, 1.82) is 0 Å². The van der Waals surface area contributed by atoms with Crippen molar-refractivity contribution in [3.05, 3.63) is 53.1 Å². The van der Waals surface area contributed by atoms with Gasteiger partial charge in [0.05, 0.1) is 16.6 Å². The standard InChI is InChI=1S/C27H30ClF2N3O/c28-23-20(29)16-15-19(24(23)30)26-32-21-13-7-8-14-22(21)33(26)25(17-9-3-1-4-10-17)27(34)31-18-11-5-2-6-12-18/h7-8,13-18,25H,1-6,9-12H2,(H,31,34). The van der Waals surface area contributed by atoms with E-state index in [9.17, 15) is 9.18 Å². The number of hydrogen-bond acceptors (Lipinski definition) is 2. The Hall–Kier alpha value is -2.47. The van der Waals surface area contributed by atoms with Gasteiger partial charge in [-0.3, -0.25) is 4.79 Å². The SMILES string of the molecule is O=C(NC1CCCCC1)C(C1CCCCC1)n1c(-c2ccc(F)c(Cl)c2F)nc2ccccc21. The minimum Gasteiger partial charge on any atom is -0.352 e. The molecule has 3 aromatic rings. The summed E-state index contributed by atoms with van der Waals surface area (Å²) in [5.74, 6) is -1.27. The number of carbonyl (C=O) groups excluding carboxylic acids is 1. The Bertz CT molecular complexity index is 1180. The molecule has 4 nitrogen and oxygen atoms in total. The van der Waals surface area contributed by atoms with Crippen LogP contribution in [-0.4, -0.2) is 21.5 Å². The summed E-state index contributed by atoms with van der Waals surface area (Å²) in [5, 5.41) is 2.76. The predicted octanol–water partition coefficient (Wildman–Crippen LogP) is 7.21. The molecule has 0 saturated heterocycles. The van der Waals surface area contributed by atoms with Gasteiger partial charge in [-0.2, -0.15) is 0 Å². The van der Waals surface area contributed by atoms with E-state index in [0.29, 0.717) is 11.3 Å². The molecule has 2 aromatic carbocycles. The number of benzene rings is 2. The minimum absolute atomic E-state index is 0.0307. The molecule has 1 N–H and O–H groups in total. The van der Waals surface area contributed by atoms with Gasteiger partial charge in [0.15, 0.2) is 5.82 Å². The zero-order valence-electron chi connectivity index (χ0n) is 19.2. The van der Waals surface area contributed by atoms with Gasteiger partial charge in [0.2, 0.25) is 5.91 Å². The molecule has 2 saturated carbocycles. The molecule has 1 atom stereocenters. The summed E-state index contributed by atoms with van der Waals surface area (Å²) in [6.07, 6.45) is 10.6. The first-order valence-corrected chi connectivity index (χ1v) is 12.8. The lowest BCUT2D eigenvalue weighted by molar-refractivity contribution is -0.127. The minimum atomic E-state index is -0.853. The molecular weight excluding hydrogens is 456 g/mol. The number of carbonyl (C=O) groups is 1. The Morgan fingerprint density at radius 2 is 1.65 bits per heavy atom. The number of nitrogens with one attached hydrogen (secondary N) is 1. The van der Waals surface area contributed by atoms with Crippen molar-refractivity contribution in [2.24, 2.45) is 5.92 Å². The highest BCUT2D eigenvalue weighted by Gasteiger charge is 2.36. The first-order chi connectivity index (χ1) is 16.5. The van der Waals surface area contributed by atoms with Crippen LogP contribution in [-0.2, 0) is 4.79 Å². The number of nitrogens with zero attached hydrogens (tertiary/aromatic N) is 2. The molecule has 2 aliphatic carbocycles. The summed E-state index contributed by atoms with van der Waals surface area (Å²) in [6.45, 7) is 0. The van der Waals surface area contributed by atoms with Gasteiger partial charge in [-0.1, -0.05) is 62.3 Å². The van der Waals surface area contributed by atoms with Crippen LogP contribution < -0.4 is 5.32 Å². The van der Waals surface area contributed by atoms with Crippen molar-refractivity contribution in [2.75, 3.05) is 0 Å². The van der Waals surface area contributed by atoms with Crippen LogP contribution in [0.15, 0.2) is 36.4 Å². The Labute approximate surface area is 203 Å². The van der Waals surface area contributed by atoms with Crippen LogP contribution in [0.3, 0.4) is 0 Å². The number of imidazole rings is 1. The number of amides is 1. The Morgan fingerprint density at radius 3 is 2.38 bits per heavy atom. The molecule has 0 bridgehead atoms. The third-order valence-electron chi connectivity index (χ3n) is 7.47. The maximum atomic E-state index is 15.2. The number of para-hydroxylation sites is 2. The number of hydrogen-bond donors (Lipinski definition) is 1. The number of halogens is 3. The largest absolute Gasteiger partial charge is 0.352 e. The van der Waals surface area contributed by atoms with Gasteiger partial charge in [-0.05, 0) is 55.9 Å². The van der Waals surface area contributed by atoms with Crippen LogP contribution in [0.5, 0.6) is 0 Å². The first kappa shape index (κ1) is 23.3. The fraction of sp³-hybridized carbons (Fsp3) is 0.481. The van der Waals surface area contributed by atoms with E-state index in [0.717, 1.165) is 69.4 Å². The van der Waals surface area contributed by atoms with E-state index >= 15 is 4.39 Å². The smallest absolute Gasteiger partial charge is 0.243 e. The third kappa shape index (κ3) is 4.45. The summed E-state index contributed by atoms with van der Waals surface area (Å²) in [5.41, 5.74) is 1.55. The second-order valence-corrected chi connectivity index (χ2v) is 10.1. The maximum Gasteiger partial charge on any atom is 0.243 e. The normalized spacial score (nSPS) is 18.8. The lowest BCUT2D eigenvalue weighted by atomic mass is 9.82. The van der Waals surface area contributed by atoms with E-state index in [1.165, 1.54) is 12.5 Å². The quantitative estimate of drug-likeness (QED) is 0.388. The van der Waals surface area contributed by atoms with Crippen molar-refractivity contribution < 1.29 is 13.6 Å². The van der Waals surface area contributed by atoms with Crippen LogP contribution in [0.1, 0.15) is 70.3 Å². The van der Waals surface area contributed by atoms with Gasteiger partial charge in [-0.25, -0.2) is 13.8 Å². The number of fused-ring (bicyclic) bond motifs is 1. The van der Waals surface area contributed by atoms with E-state index in [1.807, 2.05) is 28.8 Å². The fourth-order valence-corrected chi connectivity index (χ4v) is 5.90. The Balaban J connectivity index is 1.65. The van der Waals surface area contributed by atoms with Crippen LogP contribution >= 0.6 is 11.6 Å². The Kier molecular flexibility index (Phi) is 6.87. The topological polar surface area (TPSA) is 46.9 Å². The third-order valence-corrected chi connectivity index (χ3v) is 7.81. The highest BCUT2D eigenvalue weighted by atomic mass is 35.5. The van der Waals surface area contributed by atoms with E-state index in [2.05, 4.69) is 5.32 Å². The first-order valence-electron chi connectivity index (χ1n) is 12.5. The van der Waals surface area contributed by atoms with Crippen molar-refractivity contribution in [3.63, 3.8) is 0 Å². The van der Waals surface area contributed by atoms with E-state index in [1.54, 1.807) is 0 Å². The van der Waals surface area contributed by atoms with Gasteiger partial charge < -0.3 is 9.88 Å². The molecule has 2 fully saturated rings. The van der Waals surface area contributed by atoms with Gasteiger partial charge in [0.25, 0.3) is 0 Å². The van der Waals surface area contributed by atoms with Crippen molar-refractivity contribution in [2.45, 2.75) is 76.3 Å². The molecule has 34 heavy (non-hydrogen) atoms. The van der Waals surface area contributed by atoms with Crippen LogP contribution in [0.2, 0.25) is 5.02 Å². The molecule has 1 amide bonds. The second-order valence-electron chi connectivity index (χ2n) is 9.70. The zero-order valence-corrected chi connectivity index (χ0v) is 20.0. The van der Waals surface area contributed by atoms with Crippen molar-refractivity contribution in [3.8, 4) is 11.4 Å². The second kappa shape index (κ2) is 10.0. The lowest BCUT2D eigenvalue weighted by Crippen LogP contribution is -2.43. The maximum absolute atomic E-state index is 15.2. The summed E-state index contributed by atoms with van der Waals surface area (Å²) in [6, 6.07) is 9.71. The van der Waals surface area contributed by atoms with Gasteiger partial charge in [-0.15, -0.1) is 0 Å². The van der Waals surface area contributed by atoms with Crippen molar-refractivity contribution >= 4 is 28.5 Å². The highest BCUT2D eigenvalue weighted by Crippen LogP contribution is 2.40. The average molecular weight is 486 g/mol. The highest BCUT2D eigenvalue weighted by molar-refractivity contribution is 6.31. The molecule has 180 valence electrons. The van der Waals surface area contributed by atoms with E-state index in [-0.39, 0.29) is 23.4 Å². The molecule has 1 unspecified atom stereocenters. The Morgan fingerprint density at radius 1 is 0.971 bits per heavy atom. The average Bonchev–Trinajstić information content (AvgIpc) is 3.23. The predicted molar refractivity (Wildman–Crippen MR) is 131 cm³/mol. The molecule has 0 spiro atoms. The van der Waals surface area contributed by atoms with Crippen LogP contribution in [0, 0.1) is 17.6 Å². The fourth-order valence-electron chi connectivity index (χ4n) is 5.74. The molecule has 0 radical (unpaired) electrons. The summed E-state index contributed by atoms with van der Waals surface area (Å²) in [7, 11) is 0. The molecule has 2 aliphatic rings. The van der Waals surface area contributed by atoms with Crippen molar-refractivity contribution in [1.82, 2.24) is 14.9 Å². The van der Waals surface area contributed by atoms with Gasteiger partial charge in [0, 0.05) is 6.04 Å². The number of aromatic nitrogens is 2. The lowest BCUT2D eigenvalue weighted by Gasteiger charge is -2.33. The molecule has 1 aromatic heterocycles. The van der Waals surface area contributed by atoms with Crippen LogP contribution in [0.4, 0.5) is 8.78 Å². The van der Waals surface area contributed by atoms with E-state index in [4.69, 9.17) is 16.6 Å². The molecule has 1 heterocycles. The molecular formula is C27H30ClF2N3O. The van der Waals surface area contributed by atoms with Gasteiger partial charge >= 0.3 is 0 Å². The summed E-state index contributed by atoms with van der Waals surface area (Å²) >= 11 is 5.94. The molecule has 7 heteroatoms. The summed E-state index contributed by atoms with van der Waals surface area (Å²) in [4.78, 5) is 18.6. The van der Waals surface area contributed by atoms with E-state index < -0.39 is 22.7 Å².